The summed E-state index contributed by atoms with van der Waals surface area (Å²) in [6.45, 7) is 3.29. The van der Waals surface area contributed by atoms with Crippen molar-refractivity contribution in [2.24, 2.45) is 7.05 Å². The molecule has 0 amide bonds. The van der Waals surface area contributed by atoms with E-state index in [-0.39, 0.29) is 0 Å². The molecule has 0 aliphatic carbocycles. The molecule has 1 aliphatic rings. The lowest BCUT2D eigenvalue weighted by Crippen LogP contribution is -2.25. The number of para-hydroxylation sites is 1. The van der Waals surface area contributed by atoms with Crippen LogP contribution in [-0.4, -0.2) is 22.9 Å². The molecule has 0 N–H and O–H groups in total. The summed E-state index contributed by atoms with van der Waals surface area (Å²) >= 11 is 0. The number of ether oxygens (including phenoxy) is 1. The number of hydrogen-bond acceptors (Lipinski definition) is 3. The van der Waals surface area contributed by atoms with Gasteiger partial charge in [-0.1, -0.05) is 18.2 Å². The van der Waals surface area contributed by atoms with Crippen molar-refractivity contribution >= 4 is 5.69 Å². The lowest BCUT2D eigenvalue weighted by molar-refractivity contribution is 0.132. The number of anilines is 1. The van der Waals surface area contributed by atoms with E-state index < -0.39 is 0 Å². The van der Waals surface area contributed by atoms with Crippen LogP contribution in [0.3, 0.4) is 0 Å². The molecule has 0 radical (unpaired) electrons. The Morgan fingerprint density at radius 2 is 2.22 bits per heavy atom. The average Bonchev–Trinajstić information content (AvgIpc) is 2.68. The van der Waals surface area contributed by atoms with Crippen molar-refractivity contribution in [1.29, 1.82) is 0 Å². The molecule has 1 aromatic heterocycles. The highest BCUT2D eigenvalue weighted by molar-refractivity contribution is 5.54. The number of rotatable bonds is 2. The van der Waals surface area contributed by atoms with Crippen molar-refractivity contribution in [3.05, 3.63) is 47.8 Å². The third-order valence-corrected chi connectivity index (χ3v) is 3.23. The van der Waals surface area contributed by atoms with E-state index in [4.69, 9.17) is 4.74 Å². The molecule has 0 bridgehead atoms. The molecule has 3 rings (SSSR count). The van der Waals surface area contributed by atoms with Gasteiger partial charge in [-0.2, -0.15) is 5.10 Å². The van der Waals surface area contributed by atoms with Crippen LogP contribution in [-0.2, 0) is 24.9 Å². The summed E-state index contributed by atoms with van der Waals surface area (Å²) in [4.78, 5) is 2.36. The first-order valence-corrected chi connectivity index (χ1v) is 6.21. The average molecular weight is 243 g/mol. The van der Waals surface area contributed by atoms with Crippen LogP contribution < -0.4 is 4.90 Å². The van der Waals surface area contributed by atoms with Gasteiger partial charge in [-0.15, -0.1) is 0 Å². The number of aryl methyl sites for hydroxylation is 1. The molecular weight excluding hydrogens is 226 g/mol. The van der Waals surface area contributed by atoms with E-state index in [1.807, 2.05) is 17.9 Å². The molecule has 0 saturated carbocycles. The minimum atomic E-state index is 0.708. The molecular formula is C14H17N3O. The first-order valence-electron chi connectivity index (χ1n) is 6.21. The maximum atomic E-state index is 5.63. The Labute approximate surface area is 107 Å². The Hall–Kier alpha value is -1.81. The number of nitrogens with zero attached hydrogens (tertiary/aromatic N) is 3. The van der Waals surface area contributed by atoms with Crippen LogP contribution in [0.1, 0.15) is 11.1 Å². The standard InChI is InChI=1S/C14H17N3O/c1-16-9-12(8-15-16)10-17-6-7-18-11-13-4-2-3-5-14(13)17/h2-5,8-9H,6-7,10-11H2,1H3. The quantitative estimate of drug-likeness (QED) is 0.807. The summed E-state index contributed by atoms with van der Waals surface area (Å²) in [7, 11) is 1.95. The lowest BCUT2D eigenvalue weighted by Gasteiger charge is -2.23. The smallest absolute Gasteiger partial charge is 0.0737 e. The van der Waals surface area contributed by atoms with Crippen LogP contribution in [0.2, 0.25) is 0 Å². The molecule has 0 unspecified atom stereocenters. The Morgan fingerprint density at radius 1 is 1.33 bits per heavy atom. The monoisotopic (exact) mass is 243 g/mol. The zero-order valence-electron chi connectivity index (χ0n) is 10.5. The number of aromatic nitrogens is 2. The van der Waals surface area contributed by atoms with E-state index in [1.165, 1.54) is 16.8 Å². The molecule has 4 nitrogen and oxygen atoms in total. The van der Waals surface area contributed by atoms with Crippen LogP contribution in [0.4, 0.5) is 5.69 Å². The van der Waals surface area contributed by atoms with Gasteiger partial charge in [-0.25, -0.2) is 0 Å². The van der Waals surface area contributed by atoms with Crippen molar-refractivity contribution < 1.29 is 4.74 Å². The summed E-state index contributed by atoms with van der Waals surface area (Å²) in [6, 6.07) is 8.45. The van der Waals surface area contributed by atoms with E-state index in [1.54, 1.807) is 0 Å². The fraction of sp³-hybridized carbons (Fsp3) is 0.357. The Kier molecular flexibility index (Phi) is 3.02. The van der Waals surface area contributed by atoms with Gasteiger partial charge in [0.1, 0.15) is 0 Å². The Bertz CT molecular complexity index is 535. The van der Waals surface area contributed by atoms with Gasteiger partial charge in [-0.3, -0.25) is 4.68 Å². The van der Waals surface area contributed by atoms with Gasteiger partial charge in [-0.05, 0) is 6.07 Å². The van der Waals surface area contributed by atoms with Gasteiger partial charge in [0.05, 0.1) is 19.4 Å². The molecule has 4 heteroatoms. The fourth-order valence-corrected chi connectivity index (χ4v) is 2.36. The first-order chi connectivity index (χ1) is 8.83. The van der Waals surface area contributed by atoms with Gasteiger partial charge in [0.2, 0.25) is 0 Å². The largest absolute Gasteiger partial charge is 0.375 e. The Balaban J connectivity index is 1.87. The molecule has 2 heterocycles. The first kappa shape index (κ1) is 11.3. The molecule has 0 spiro atoms. The van der Waals surface area contributed by atoms with Crippen LogP contribution in [0.15, 0.2) is 36.7 Å². The molecule has 1 aromatic carbocycles. The van der Waals surface area contributed by atoms with Crippen LogP contribution >= 0.6 is 0 Å². The third-order valence-electron chi connectivity index (χ3n) is 3.23. The molecule has 0 atom stereocenters. The van der Waals surface area contributed by atoms with Crippen molar-refractivity contribution in [2.45, 2.75) is 13.2 Å². The highest BCUT2D eigenvalue weighted by atomic mass is 16.5. The fourth-order valence-electron chi connectivity index (χ4n) is 2.36. The molecule has 0 saturated heterocycles. The molecule has 2 aromatic rings. The zero-order valence-corrected chi connectivity index (χ0v) is 10.5. The predicted octanol–water partition coefficient (Wildman–Crippen LogP) is 1.96. The highest BCUT2D eigenvalue weighted by Gasteiger charge is 2.15. The Morgan fingerprint density at radius 3 is 3.06 bits per heavy atom. The zero-order chi connectivity index (χ0) is 12.4. The predicted molar refractivity (Wildman–Crippen MR) is 70.4 cm³/mol. The minimum Gasteiger partial charge on any atom is -0.375 e. The van der Waals surface area contributed by atoms with Gasteiger partial charge < -0.3 is 9.64 Å². The van der Waals surface area contributed by atoms with Crippen molar-refractivity contribution in [1.82, 2.24) is 9.78 Å². The van der Waals surface area contributed by atoms with E-state index in [2.05, 4.69) is 40.5 Å². The second-order valence-corrected chi connectivity index (χ2v) is 4.63. The third kappa shape index (κ3) is 2.24. The second kappa shape index (κ2) is 4.82. The number of fused-ring (bicyclic) bond motifs is 1. The van der Waals surface area contributed by atoms with Crippen molar-refractivity contribution in [3.8, 4) is 0 Å². The molecule has 1 aliphatic heterocycles. The van der Waals surface area contributed by atoms with E-state index in [0.29, 0.717) is 6.61 Å². The summed E-state index contributed by atoms with van der Waals surface area (Å²) < 4.78 is 7.47. The summed E-state index contributed by atoms with van der Waals surface area (Å²) in [5, 5.41) is 4.22. The number of benzene rings is 1. The summed E-state index contributed by atoms with van der Waals surface area (Å²) in [6.07, 6.45) is 3.99. The maximum absolute atomic E-state index is 5.63. The minimum absolute atomic E-state index is 0.708. The van der Waals surface area contributed by atoms with Gasteiger partial charge >= 0.3 is 0 Å². The van der Waals surface area contributed by atoms with E-state index >= 15 is 0 Å². The maximum Gasteiger partial charge on any atom is 0.0737 e. The van der Waals surface area contributed by atoms with Gasteiger partial charge in [0.15, 0.2) is 0 Å². The lowest BCUT2D eigenvalue weighted by atomic mass is 10.1. The van der Waals surface area contributed by atoms with E-state index in [0.717, 1.165) is 19.7 Å². The highest BCUT2D eigenvalue weighted by Crippen LogP contribution is 2.25. The summed E-state index contributed by atoms with van der Waals surface area (Å²) in [5.74, 6) is 0. The SMILES string of the molecule is Cn1cc(CN2CCOCc3ccccc32)cn1. The van der Waals surface area contributed by atoms with Gasteiger partial charge in [0, 0.05) is 43.1 Å². The topological polar surface area (TPSA) is 30.3 Å². The van der Waals surface area contributed by atoms with Crippen molar-refractivity contribution in [3.63, 3.8) is 0 Å². The van der Waals surface area contributed by atoms with Crippen LogP contribution in [0.25, 0.3) is 0 Å². The van der Waals surface area contributed by atoms with Crippen LogP contribution in [0, 0.1) is 0 Å². The van der Waals surface area contributed by atoms with E-state index in [9.17, 15) is 0 Å². The molecule has 94 valence electrons. The second-order valence-electron chi connectivity index (χ2n) is 4.63. The van der Waals surface area contributed by atoms with Gasteiger partial charge in [0.25, 0.3) is 0 Å². The normalized spacial score (nSPS) is 15.3. The van der Waals surface area contributed by atoms with Crippen molar-refractivity contribution in [2.75, 3.05) is 18.1 Å². The summed E-state index contributed by atoms with van der Waals surface area (Å²) in [5.41, 5.74) is 3.77. The molecule has 0 fully saturated rings. The van der Waals surface area contributed by atoms with Crippen LogP contribution in [0.5, 0.6) is 0 Å². The number of hydrogen-bond donors (Lipinski definition) is 0. The molecule has 18 heavy (non-hydrogen) atoms.